The second-order valence-electron chi connectivity index (χ2n) is 10.9. The summed E-state index contributed by atoms with van der Waals surface area (Å²) < 4.78 is 5.63. The van der Waals surface area contributed by atoms with Crippen LogP contribution in [0.1, 0.15) is 41.3 Å². The van der Waals surface area contributed by atoms with E-state index >= 15 is 0 Å². The second-order valence-corrected chi connectivity index (χ2v) is 10.9. The van der Waals surface area contributed by atoms with Gasteiger partial charge in [0, 0.05) is 31.0 Å². The molecule has 4 aromatic rings. The first-order chi connectivity index (χ1) is 21.1. The van der Waals surface area contributed by atoms with Gasteiger partial charge in [-0.15, -0.1) is 0 Å². The highest BCUT2D eigenvalue weighted by Gasteiger charge is 2.24. The zero-order chi connectivity index (χ0) is 29.9. The van der Waals surface area contributed by atoms with Crippen LogP contribution < -0.4 is 25.6 Å². The Kier molecular flexibility index (Phi) is 10.3. The zero-order valence-electron chi connectivity index (χ0n) is 24.7. The summed E-state index contributed by atoms with van der Waals surface area (Å²) in [5.41, 5.74) is 5.11. The minimum atomic E-state index is -0.405. The quantitative estimate of drug-likeness (QED) is 0.177. The van der Waals surface area contributed by atoms with Crippen molar-refractivity contribution in [1.82, 2.24) is 5.32 Å². The van der Waals surface area contributed by atoms with E-state index in [0.717, 1.165) is 44.5 Å². The molecular formula is C36H40N4O3. The normalized spacial score (nSPS) is 13.3. The first-order valence-corrected chi connectivity index (χ1v) is 15.1. The predicted octanol–water partition coefficient (Wildman–Crippen LogP) is 7.16. The average molecular weight is 577 g/mol. The Labute approximate surface area is 254 Å². The smallest absolute Gasteiger partial charge is 0.323 e. The van der Waals surface area contributed by atoms with Crippen LogP contribution in [0, 0.1) is 5.92 Å². The Balaban J connectivity index is 1.29. The number of hydrogen-bond donors (Lipinski definition) is 3. The third kappa shape index (κ3) is 8.38. The second kappa shape index (κ2) is 14.9. The molecule has 5 rings (SSSR count). The molecule has 0 spiro atoms. The highest BCUT2D eigenvalue weighted by molar-refractivity contribution is 6.04. The number of nitrogens with one attached hydrogen (secondary N) is 3. The van der Waals surface area contributed by atoms with Crippen LogP contribution in [-0.2, 0) is 12.8 Å². The van der Waals surface area contributed by atoms with Crippen LogP contribution in [0.25, 0.3) is 0 Å². The fourth-order valence-corrected chi connectivity index (χ4v) is 5.59. The Hall–Kier alpha value is -4.78. The summed E-state index contributed by atoms with van der Waals surface area (Å²) in [6.45, 7) is 4.67. The van der Waals surface area contributed by atoms with Crippen molar-refractivity contribution in [2.45, 2.75) is 32.6 Å². The molecule has 3 N–H and O–H groups in total. The molecule has 1 fully saturated rings. The van der Waals surface area contributed by atoms with Crippen molar-refractivity contribution in [3.8, 4) is 5.75 Å². The van der Waals surface area contributed by atoms with Crippen LogP contribution in [-0.4, -0.2) is 38.2 Å². The number of hydrogen-bond acceptors (Lipinski definition) is 4. The maximum absolute atomic E-state index is 13.6. The van der Waals surface area contributed by atoms with E-state index in [0.29, 0.717) is 41.8 Å². The lowest BCUT2D eigenvalue weighted by molar-refractivity contribution is 0.0954. The molecule has 1 saturated heterocycles. The summed E-state index contributed by atoms with van der Waals surface area (Å²) >= 11 is 0. The van der Waals surface area contributed by atoms with E-state index in [1.807, 2.05) is 55.5 Å². The number of urea groups is 1. The Morgan fingerprint density at radius 2 is 1.49 bits per heavy atom. The maximum atomic E-state index is 13.6. The van der Waals surface area contributed by atoms with Gasteiger partial charge in [0.05, 0.1) is 17.9 Å². The summed E-state index contributed by atoms with van der Waals surface area (Å²) in [7, 11) is 0. The summed E-state index contributed by atoms with van der Waals surface area (Å²) in [6, 6.07) is 33.2. The summed E-state index contributed by atoms with van der Waals surface area (Å²) in [5, 5.41) is 8.86. The summed E-state index contributed by atoms with van der Waals surface area (Å²) in [6.07, 6.45) is 3.94. The standard InChI is InChI=1S/C36H40N4O3/c1-2-43-34-16-10-9-15-32(34)39-36(42)38-30-17-18-33(31(26-30)35(41)37-22-19-27-11-5-3-6-12-27)40-23-20-29(21-24-40)25-28-13-7-4-8-14-28/h3-18,26,29H,2,19-25H2,1H3,(H,37,41)(H2,38,39,42). The number of amides is 3. The molecule has 0 radical (unpaired) electrons. The molecule has 7 heteroatoms. The number of rotatable bonds is 11. The van der Waals surface area contributed by atoms with Crippen molar-refractivity contribution in [3.63, 3.8) is 0 Å². The number of carbonyl (C=O) groups is 2. The van der Waals surface area contributed by atoms with Crippen molar-refractivity contribution < 1.29 is 14.3 Å². The molecule has 0 aromatic heterocycles. The SMILES string of the molecule is CCOc1ccccc1NC(=O)Nc1ccc(N2CCC(Cc3ccccc3)CC2)c(C(=O)NCCc2ccccc2)c1. The van der Waals surface area contributed by atoms with Crippen LogP contribution in [0.2, 0.25) is 0 Å². The van der Waals surface area contributed by atoms with E-state index in [9.17, 15) is 9.59 Å². The number of nitrogens with zero attached hydrogens (tertiary/aromatic N) is 1. The number of benzene rings is 4. The Morgan fingerprint density at radius 1 is 0.814 bits per heavy atom. The van der Waals surface area contributed by atoms with Gasteiger partial charge in [0.2, 0.25) is 0 Å². The fraction of sp³-hybridized carbons (Fsp3) is 0.278. The van der Waals surface area contributed by atoms with Crippen molar-refractivity contribution in [2.24, 2.45) is 5.92 Å². The molecule has 3 amide bonds. The highest BCUT2D eigenvalue weighted by atomic mass is 16.5. The molecular weight excluding hydrogens is 536 g/mol. The summed E-state index contributed by atoms with van der Waals surface area (Å²) in [4.78, 5) is 28.8. The van der Waals surface area contributed by atoms with Gasteiger partial charge in [-0.2, -0.15) is 0 Å². The van der Waals surface area contributed by atoms with E-state index < -0.39 is 6.03 Å². The zero-order valence-corrected chi connectivity index (χ0v) is 24.7. The molecule has 1 aliphatic rings. The molecule has 222 valence electrons. The third-order valence-corrected chi connectivity index (χ3v) is 7.80. The number of anilines is 3. The molecule has 0 aliphatic carbocycles. The Bertz CT molecular complexity index is 1490. The van der Waals surface area contributed by atoms with Crippen molar-refractivity contribution in [3.05, 3.63) is 120 Å². The Morgan fingerprint density at radius 3 is 2.21 bits per heavy atom. The van der Waals surface area contributed by atoms with Gasteiger partial charge < -0.3 is 25.6 Å². The predicted molar refractivity (Wildman–Crippen MR) is 174 cm³/mol. The van der Waals surface area contributed by atoms with Crippen molar-refractivity contribution in [1.29, 1.82) is 0 Å². The largest absolute Gasteiger partial charge is 0.492 e. The van der Waals surface area contributed by atoms with Crippen LogP contribution in [0.3, 0.4) is 0 Å². The molecule has 0 unspecified atom stereocenters. The first-order valence-electron chi connectivity index (χ1n) is 15.1. The van der Waals surface area contributed by atoms with Gasteiger partial charge >= 0.3 is 6.03 Å². The van der Waals surface area contributed by atoms with E-state index in [4.69, 9.17) is 4.74 Å². The molecule has 4 aromatic carbocycles. The number of carbonyl (C=O) groups excluding carboxylic acids is 2. The molecule has 0 saturated carbocycles. The number of ether oxygens (including phenoxy) is 1. The number of para-hydroxylation sites is 2. The molecule has 7 nitrogen and oxygen atoms in total. The van der Waals surface area contributed by atoms with E-state index in [1.165, 1.54) is 11.1 Å². The lowest BCUT2D eigenvalue weighted by Gasteiger charge is -2.35. The molecule has 43 heavy (non-hydrogen) atoms. The minimum Gasteiger partial charge on any atom is -0.492 e. The van der Waals surface area contributed by atoms with Gasteiger partial charge in [-0.3, -0.25) is 4.79 Å². The van der Waals surface area contributed by atoms with Gasteiger partial charge in [0.1, 0.15) is 5.75 Å². The monoisotopic (exact) mass is 576 g/mol. The van der Waals surface area contributed by atoms with Gasteiger partial charge in [-0.1, -0.05) is 72.8 Å². The fourth-order valence-electron chi connectivity index (χ4n) is 5.59. The van der Waals surface area contributed by atoms with Crippen LogP contribution in [0.4, 0.5) is 21.9 Å². The first kappa shape index (κ1) is 29.7. The minimum absolute atomic E-state index is 0.150. The summed E-state index contributed by atoms with van der Waals surface area (Å²) in [5.74, 6) is 1.07. The van der Waals surface area contributed by atoms with E-state index in [1.54, 1.807) is 12.1 Å². The van der Waals surface area contributed by atoms with Gasteiger partial charge in [-0.05, 0) is 80.0 Å². The molecule has 1 aliphatic heterocycles. The number of piperidine rings is 1. The molecule has 0 bridgehead atoms. The highest BCUT2D eigenvalue weighted by Crippen LogP contribution is 2.31. The van der Waals surface area contributed by atoms with E-state index in [2.05, 4.69) is 63.3 Å². The van der Waals surface area contributed by atoms with Crippen LogP contribution in [0.15, 0.2) is 103 Å². The molecule has 1 heterocycles. The lowest BCUT2D eigenvalue weighted by atomic mass is 9.89. The lowest BCUT2D eigenvalue weighted by Crippen LogP contribution is -2.36. The maximum Gasteiger partial charge on any atom is 0.323 e. The van der Waals surface area contributed by atoms with Gasteiger partial charge in [0.25, 0.3) is 5.91 Å². The van der Waals surface area contributed by atoms with E-state index in [-0.39, 0.29) is 5.91 Å². The third-order valence-electron chi connectivity index (χ3n) is 7.80. The average Bonchev–Trinajstić information content (AvgIpc) is 3.03. The van der Waals surface area contributed by atoms with Crippen molar-refractivity contribution in [2.75, 3.05) is 41.8 Å². The van der Waals surface area contributed by atoms with Crippen LogP contribution >= 0.6 is 0 Å². The van der Waals surface area contributed by atoms with Gasteiger partial charge in [-0.25, -0.2) is 4.79 Å². The van der Waals surface area contributed by atoms with Crippen LogP contribution in [0.5, 0.6) is 5.75 Å². The topological polar surface area (TPSA) is 82.7 Å². The van der Waals surface area contributed by atoms with Crippen molar-refractivity contribution >= 4 is 29.0 Å². The van der Waals surface area contributed by atoms with Gasteiger partial charge in [0.15, 0.2) is 0 Å². The molecule has 0 atom stereocenters.